The first kappa shape index (κ1) is 14.8. The second kappa shape index (κ2) is 6.25. The highest BCUT2D eigenvalue weighted by Gasteiger charge is 2.36. The van der Waals surface area contributed by atoms with Crippen molar-refractivity contribution in [3.05, 3.63) is 23.4 Å². The minimum Gasteiger partial charge on any atom is -0.370 e. The lowest BCUT2D eigenvalue weighted by Gasteiger charge is -2.42. The molecule has 0 bridgehead atoms. The summed E-state index contributed by atoms with van der Waals surface area (Å²) < 4.78 is 0. The van der Waals surface area contributed by atoms with E-state index in [1.165, 1.54) is 6.42 Å². The Morgan fingerprint density at radius 2 is 2.10 bits per heavy atom. The maximum Gasteiger partial charge on any atom is 0.251 e. The van der Waals surface area contributed by atoms with E-state index in [0.717, 1.165) is 43.7 Å². The van der Waals surface area contributed by atoms with Gasteiger partial charge in [0.1, 0.15) is 5.82 Å². The summed E-state index contributed by atoms with van der Waals surface area (Å²) in [7, 11) is 0. The molecule has 0 aliphatic heterocycles. The van der Waals surface area contributed by atoms with Crippen LogP contribution in [0.4, 0.5) is 5.82 Å². The highest BCUT2D eigenvalue weighted by atomic mass is 16.1. The molecule has 0 radical (unpaired) electrons. The first-order valence-electron chi connectivity index (χ1n) is 7.63. The molecule has 4 nitrogen and oxygen atoms in total. The van der Waals surface area contributed by atoms with Gasteiger partial charge in [-0.15, -0.1) is 0 Å². The number of carbonyl (C=O) groups excluding carboxylic acids is 1. The number of aromatic nitrogens is 1. The van der Waals surface area contributed by atoms with Gasteiger partial charge in [0.15, 0.2) is 0 Å². The number of nitrogens with zero attached hydrogens (tertiary/aromatic N) is 1. The lowest BCUT2D eigenvalue weighted by Crippen LogP contribution is -2.53. The molecule has 2 rings (SSSR count). The summed E-state index contributed by atoms with van der Waals surface area (Å²) in [5.41, 5.74) is 1.61. The van der Waals surface area contributed by atoms with Crippen LogP contribution in [-0.4, -0.2) is 23.0 Å². The molecule has 110 valence electrons. The van der Waals surface area contributed by atoms with Crippen LogP contribution in [-0.2, 0) is 0 Å². The molecular formula is C16H25N3O. The van der Waals surface area contributed by atoms with Crippen molar-refractivity contribution in [1.29, 1.82) is 0 Å². The molecule has 1 fully saturated rings. The van der Waals surface area contributed by atoms with Crippen LogP contribution in [0.25, 0.3) is 0 Å². The number of carbonyl (C=O) groups is 1. The Morgan fingerprint density at radius 3 is 2.65 bits per heavy atom. The lowest BCUT2D eigenvalue weighted by atomic mass is 9.74. The third kappa shape index (κ3) is 3.30. The van der Waals surface area contributed by atoms with Crippen LogP contribution in [0.5, 0.6) is 0 Å². The SMILES string of the molecule is CCCNc1cc(C(=O)NC2(CC)CCC2)cc(C)n1. The number of hydrogen-bond acceptors (Lipinski definition) is 3. The lowest BCUT2D eigenvalue weighted by molar-refractivity contribution is 0.0820. The average molecular weight is 275 g/mol. The molecule has 1 aliphatic rings. The predicted octanol–water partition coefficient (Wildman–Crippen LogP) is 3.27. The van der Waals surface area contributed by atoms with E-state index in [1.807, 2.05) is 19.1 Å². The van der Waals surface area contributed by atoms with Gasteiger partial charge in [-0.05, 0) is 51.2 Å². The van der Waals surface area contributed by atoms with Crippen LogP contribution in [0.1, 0.15) is 62.0 Å². The molecule has 0 atom stereocenters. The number of rotatable bonds is 6. The monoisotopic (exact) mass is 275 g/mol. The van der Waals surface area contributed by atoms with Gasteiger partial charge in [0, 0.05) is 23.3 Å². The minimum atomic E-state index is 0.0246. The summed E-state index contributed by atoms with van der Waals surface area (Å²) in [5.74, 6) is 0.813. The first-order chi connectivity index (χ1) is 9.58. The molecular weight excluding hydrogens is 250 g/mol. The fourth-order valence-corrected chi connectivity index (χ4v) is 2.63. The summed E-state index contributed by atoms with van der Waals surface area (Å²) in [6, 6.07) is 3.70. The zero-order chi connectivity index (χ0) is 14.6. The van der Waals surface area contributed by atoms with E-state index in [9.17, 15) is 4.79 Å². The van der Waals surface area contributed by atoms with Gasteiger partial charge in [0.25, 0.3) is 5.91 Å². The van der Waals surface area contributed by atoms with Crippen molar-refractivity contribution in [1.82, 2.24) is 10.3 Å². The van der Waals surface area contributed by atoms with Gasteiger partial charge in [0.05, 0.1) is 0 Å². The molecule has 0 unspecified atom stereocenters. The minimum absolute atomic E-state index is 0.0246. The molecule has 1 aromatic rings. The van der Waals surface area contributed by atoms with Crippen molar-refractivity contribution in [2.45, 2.75) is 58.4 Å². The van der Waals surface area contributed by atoms with Gasteiger partial charge < -0.3 is 10.6 Å². The first-order valence-corrected chi connectivity index (χ1v) is 7.63. The standard InChI is InChI=1S/C16H25N3O/c1-4-9-17-14-11-13(10-12(3)18-14)15(20)19-16(5-2)7-6-8-16/h10-11H,4-9H2,1-3H3,(H,17,18)(H,19,20). The summed E-state index contributed by atoms with van der Waals surface area (Å²) in [6.45, 7) is 7.05. The Kier molecular flexibility index (Phi) is 4.63. The molecule has 0 spiro atoms. The van der Waals surface area contributed by atoms with Gasteiger partial charge in [-0.1, -0.05) is 13.8 Å². The maximum absolute atomic E-state index is 12.4. The highest BCUT2D eigenvalue weighted by Crippen LogP contribution is 2.34. The number of pyridine rings is 1. The molecule has 1 aromatic heterocycles. The highest BCUT2D eigenvalue weighted by molar-refractivity contribution is 5.95. The van der Waals surface area contributed by atoms with E-state index in [1.54, 1.807) is 0 Å². The molecule has 0 aromatic carbocycles. The van der Waals surface area contributed by atoms with Crippen LogP contribution in [0.2, 0.25) is 0 Å². The van der Waals surface area contributed by atoms with Gasteiger partial charge in [0.2, 0.25) is 0 Å². The van der Waals surface area contributed by atoms with Crippen LogP contribution >= 0.6 is 0 Å². The van der Waals surface area contributed by atoms with Crippen molar-refractivity contribution < 1.29 is 4.79 Å². The Balaban J connectivity index is 2.10. The summed E-state index contributed by atoms with van der Waals surface area (Å²) >= 11 is 0. The average Bonchev–Trinajstić information content (AvgIpc) is 2.39. The van der Waals surface area contributed by atoms with Crippen LogP contribution in [0.3, 0.4) is 0 Å². The second-order valence-electron chi connectivity index (χ2n) is 5.75. The summed E-state index contributed by atoms with van der Waals surface area (Å²) in [6.07, 6.45) is 5.45. The van der Waals surface area contributed by atoms with E-state index >= 15 is 0 Å². The van der Waals surface area contributed by atoms with Crippen molar-refractivity contribution in [2.75, 3.05) is 11.9 Å². The van der Waals surface area contributed by atoms with E-state index in [0.29, 0.717) is 5.56 Å². The normalized spacial score (nSPS) is 16.4. The zero-order valence-electron chi connectivity index (χ0n) is 12.8. The van der Waals surface area contributed by atoms with Crippen molar-refractivity contribution in [2.24, 2.45) is 0 Å². The number of nitrogens with one attached hydrogen (secondary N) is 2. The Labute approximate surface area is 121 Å². The number of amides is 1. The molecule has 1 aliphatic carbocycles. The Morgan fingerprint density at radius 1 is 1.35 bits per heavy atom. The van der Waals surface area contributed by atoms with Gasteiger partial charge in [-0.25, -0.2) is 4.98 Å². The van der Waals surface area contributed by atoms with E-state index in [4.69, 9.17) is 0 Å². The number of aryl methyl sites for hydroxylation is 1. The number of hydrogen-bond donors (Lipinski definition) is 2. The van der Waals surface area contributed by atoms with Crippen molar-refractivity contribution in [3.63, 3.8) is 0 Å². The van der Waals surface area contributed by atoms with E-state index < -0.39 is 0 Å². The predicted molar refractivity (Wildman–Crippen MR) is 82.1 cm³/mol. The van der Waals surface area contributed by atoms with Gasteiger partial charge in [-0.2, -0.15) is 0 Å². The fourth-order valence-electron chi connectivity index (χ4n) is 2.63. The Hall–Kier alpha value is -1.58. The largest absolute Gasteiger partial charge is 0.370 e. The third-order valence-electron chi connectivity index (χ3n) is 4.14. The van der Waals surface area contributed by atoms with E-state index in [2.05, 4.69) is 29.5 Å². The Bertz CT molecular complexity index is 475. The van der Waals surface area contributed by atoms with Crippen molar-refractivity contribution >= 4 is 11.7 Å². The molecule has 20 heavy (non-hydrogen) atoms. The van der Waals surface area contributed by atoms with Crippen LogP contribution < -0.4 is 10.6 Å². The molecule has 4 heteroatoms. The molecule has 1 heterocycles. The van der Waals surface area contributed by atoms with Gasteiger partial charge >= 0.3 is 0 Å². The van der Waals surface area contributed by atoms with Crippen LogP contribution in [0, 0.1) is 6.92 Å². The second-order valence-corrected chi connectivity index (χ2v) is 5.75. The van der Waals surface area contributed by atoms with E-state index in [-0.39, 0.29) is 11.4 Å². The fraction of sp³-hybridized carbons (Fsp3) is 0.625. The smallest absolute Gasteiger partial charge is 0.251 e. The molecule has 2 N–H and O–H groups in total. The molecule has 1 amide bonds. The van der Waals surface area contributed by atoms with Crippen molar-refractivity contribution in [3.8, 4) is 0 Å². The van der Waals surface area contributed by atoms with Gasteiger partial charge in [-0.3, -0.25) is 4.79 Å². The zero-order valence-corrected chi connectivity index (χ0v) is 12.8. The third-order valence-corrected chi connectivity index (χ3v) is 4.14. The quantitative estimate of drug-likeness (QED) is 0.837. The van der Waals surface area contributed by atoms with Crippen LogP contribution in [0.15, 0.2) is 12.1 Å². The summed E-state index contributed by atoms with van der Waals surface area (Å²) in [4.78, 5) is 16.8. The maximum atomic E-state index is 12.4. The topological polar surface area (TPSA) is 54.0 Å². The molecule has 1 saturated carbocycles. The molecule has 0 saturated heterocycles. The summed E-state index contributed by atoms with van der Waals surface area (Å²) in [5, 5.41) is 6.46. The number of anilines is 1.